The Hall–Kier alpha value is -2.82. The standard InChI is InChI=1S/C22H28N2O3/c1-14(2)17-7-9-18(10-8-17)22(26)24-23-21(25)13-27-20-12-16(5)6-11-19(20)15(3)4/h6-12,14-15H,13H2,1-5H3,(H,23,25)(H,24,26). The van der Waals surface area contributed by atoms with Crippen molar-refractivity contribution >= 4 is 11.8 Å². The molecule has 0 saturated carbocycles. The van der Waals surface area contributed by atoms with Crippen LogP contribution in [-0.4, -0.2) is 18.4 Å². The topological polar surface area (TPSA) is 67.4 Å². The first-order valence-electron chi connectivity index (χ1n) is 9.20. The van der Waals surface area contributed by atoms with Crippen LogP contribution in [0.1, 0.15) is 66.6 Å². The first-order chi connectivity index (χ1) is 12.8. The summed E-state index contributed by atoms with van der Waals surface area (Å²) in [6, 6.07) is 13.3. The highest BCUT2D eigenvalue weighted by molar-refractivity contribution is 5.95. The highest BCUT2D eigenvalue weighted by atomic mass is 16.5. The van der Waals surface area contributed by atoms with Gasteiger partial charge < -0.3 is 4.74 Å². The third-order valence-electron chi connectivity index (χ3n) is 4.30. The van der Waals surface area contributed by atoms with Crippen LogP contribution in [0.2, 0.25) is 0 Å². The van der Waals surface area contributed by atoms with E-state index in [1.807, 2.05) is 37.3 Å². The molecule has 0 aliphatic rings. The van der Waals surface area contributed by atoms with Crippen LogP contribution in [0, 0.1) is 6.92 Å². The quantitative estimate of drug-likeness (QED) is 0.755. The Bertz CT molecular complexity index is 796. The van der Waals surface area contributed by atoms with Gasteiger partial charge in [-0.3, -0.25) is 20.4 Å². The Morgan fingerprint density at radius 3 is 2.19 bits per heavy atom. The predicted molar refractivity (Wildman–Crippen MR) is 107 cm³/mol. The van der Waals surface area contributed by atoms with Gasteiger partial charge in [0.05, 0.1) is 0 Å². The number of aryl methyl sites for hydroxylation is 1. The number of hydrazine groups is 1. The second kappa shape index (κ2) is 9.21. The molecule has 0 aliphatic heterocycles. The Balaban J connectivity index is 1.88. The monoisotopic (exact) mass is 368 g/mol. The lowest BCUT2D eigenvalue weighted by molar-refractivity contribution is -0.123. The minimum atomic E-state index is -0.418. The number of carbonyl (C=O) groups is 2. The lowest BCUT2D eigenvalue weighted by Gasteiger charge is -2.15. The van der Waals surface area contributed by atoms with Crippen LogP contribution in [0.5, 0.6) is 5.75 Å². The lowest BCUT2D eigenvalue weighted by Crippen LogP contribution is -2.43. The van der Waals surface area contributed by atoms with Crippen LogP contribution in [0.15, 0.2) is 42.5 Å². The second-order valence-corrected chi connectivity index (χ2v) is 7.26. The number of hydrogen-bond acceptors (Lipinski definition) is 3. The fraction of sp³-hybridized carbons (Fsp3) is 0.364. The molecule has 2 aromatic rings. The zero-order valence-corrected chi connectivity index (χ0v) is 16.6. The molecule has 2 rings (SSSR count). The van der Waals surface area contributed by atoms with Gasteiger partial charge in [0.1, 0.15) is 5.75 Å². The van der Waals surface area contributed by atoms with Crippen molar-refractivity contribution in [2.75, 3.05) is 6.61 Å². The first kappa shape index (κ1) is 20.5. The van der Waals surface area contributed by atoms with Gasteiger partial charge in [0, 0.05) is 5.56 Å². The smallest absolute Gasteiger partial charge is 0.276 e. The molecule has 0 spiro atoms. The molecule has 144 valence electrons. The van der Waals surface area contributed by atoms with Crippen LogP contribution >= 0.6 is 0 Å². The molecule has 0 radical (unpaired) electrons. The molecule has 0 aromatic heterocycles. The molecule has 0 saturated heterocycles. The number of benzene rings is 2. The van der Waals surface area contributed by atoms with Crippen molar-refractivity contribution < 1.29 is 14.3 Å². The third kappa shape index (κ3) is 5.84. The molecule has 0 fully saturated rings. The number of ether oxygens (including phenoxy) is 1. The van der Waals surface area contributed by atoms with E-state index in [4.69, 9.17) is 4.74 Å². The minimum absolute atomic E-state index is 0.171. The van der Waals surface area contributed by atoms with E-state index in [1.54, 1.807) is 12.1 Å². The van der Waals surface area contributed by atoms with Gasteiger partial charge in [-0.15, -0.1) is 0 Å². The number of carbonyl (C=O) groups excluding carboxylic acids is 2. The highest BCUT2D eigenvalue weighted by Crippen LogP contribution is 2.27. The van der Waals surface area contributed by atoms with Gasteiger partial charge in [0.15, 0.2) is 6.61 Å². The van der Waals surface area contributed by atoms with E-state index >= 15 is 0 Å². The summed E-state index contributed by atoms with van der Waals surface area (Å²) >= 11 is 0. The zero-order valence-electron chi connectivity index (χ0n) is 16.6. The Morgan fingerprint density at radius 2 is 1.59 bits per heavy atom. The fourth-order valence-electron chi connectivity index (χ4n) is 2.64. The van der Waals surface area contributed by atoms with E-state index in [9.17, 15) is 9.59 Å². The third-order valence-corrected chi connectivity index (χ3v) is 4.30. The van der Waals surface area contributed by atoms with Gasteiger partial charge in [0.25, 0.3) is 11.8 Å². The lowest BCUT2D eigenvalue weighted by atomic mass is 10.0. The zero-order chi connectivity index (χ0) is 20.0. The van der Waals surface area contributed by atoms with E-state index in [-0.39, 0.29) is 18.4 Å². The summed E-state index contributed by atoms with van der Waals surface area (Å²) in [4.78, 5) is 24.1. The van der Waals surface area contributed by atoms with Crippen molar-refractivity contribution in [2.45, 2.75) is 46.5 Å². The number of nitrogens with one attached hydrogen (secondary N) is 2. The maximum atomic E-state index is 12.1. The molecular formula is C22H28N2O3. The second-order valence-electron chi connectivity index (χ2n) is 7.26. The summed E-state index contributed by atoms with van der Waals surface area (Å²) in [5.41, 5.74) is 8.55. The first-order valence-corrected chi connectivity index (χ1v) is 9.20. The van der Waals surface area contributed by atoms with E-state index in [2.05, 4.69) is 38.5 Å². The molecule has 5 heteroatoms. The number of hydrogen-bond donors (Lipinski definition) is 2. The van der Waals surface area contributed by atoms with Crippen molar-refractivity contribution in [3.8, 4) is 5.75 Å². The van der Waals surface area contributed by atoms with Crippen molar-refractivity contribution in [3.63, 3.8) is 0 Å². The van der Waals surface area contributed by atoms with Gasteiger partial charge in [0.2, 0.25) is 0 Å². The molecule has 2 amide bonds. The normalized spacial score (nSPS) is 10.8. The maximum absolute atomic E-state index is 12.1. The molecule has 0 aliphatic carbocycles. The Morgan fingerprint density at radius 1 is 0.926 bits per heavy atom. The van der Waals surface area contributed by atoms with Crippen molar-refractivity contribution in [3.05, 3.63) is 64.7 Å². The minimum Gasteiger partial charge on any atom is -0.483 e. The molecular weight excluding hydrogens is 340 g/mol. The summed E-state index contributed by atoms with van der Waals surface area (Å²) in [5, 5.41) is 0. The average Bonchev–Trinajstić information content (AvgIpc) is 2.64. The Kier molecular flexibility index (Phi) is 6.99. The summed E-state index contributed by atoms with van der Waals surface area (Å²) < 4.78 is 5.66. The van der Waals surface area contributed by atoms with E-state index in [1.165, 1.54) is 0 Å². The molecule has 0 bridgehead atoms. The van der Waals surface area contributed by atoms with Crippen LogP contribution < -0.4 is 15.6 Å². The van der Waals surface area contributed by atoms with Gasteiger partial charge >= 0.3 is 0 Å². The predicted octanol–water partition coefficient (Wildman–Crippen LogP) is 4.08. The van der Waals surface area contributed by atoms with Gasteiger partial charge in [-0.05, 0) is 53.6 Å². The van der Waals surface area contributed by atoms with Crippen LogP contribution in [-0.2, 0) is 4.79 Å². The fourth-order valence-corrected chi connectivity index (χ4v) is 2.64. The number of rotatable bonds is 6. The van der Waals surface area contributed by atoms with Gasteiger partial charge in [-0.1, -0.05) is 52.0 Å². The summed E-state index contributed by atoms with van der Waals surface area (Å²) in [5.74, 6) is 0.597. The average molecular weight is 368 g/mol. The van der Waals surface area contributed by atoms with Crippen molar-refractivity contribution in [2.24, 2.45) is 0 Å². The van der Waals surface area contributed by atoms with E-state index in [0.29, 0.717) is 17.2 Å². The number of amides is 2. The van der Waals surface area contributed by atoms with Crippen LogP contribution in [0.4, 0.5) is 0 Å². The highest BCUT2D eigenvalue weighted by Gasteiger charge is 2.12. The van der Waals surface area contributed by atoms with Gasteiger partial charge in [-0.2, -0.15) is 0 Å². The van der Waals surface area contributed by atoms with Crippen molar-refractivity contribution in [1.82, 2.24) is 10.9 Å². The molecule has 0 atom stereocenters. The molecule has 0 unspecified atom stereocenters. The molecule has 27 heavy (non-hydrogen) atoms. The summed E-state index contributed by atoms with van der Waals surface area (Å²) in [6.45, 7) is 10.1. The summed E-state index contributed by atoms with van der Waals surface area (Å²) in [7, 11) is 0. The Labute approximate surface area is 161 Å². The summed E-state index contributed by atoms with van der Waals surface area (Å²) in [6.07, 6.45) is 0. The van der Waals surface area contributed by atoms with Gasteiger partial charge in [-0.25, -0.2) is 0 Å². The SMILES string of the molecule is Cc1ccc(C(C)C)c(OCC(=O)NNC(=O)c2ccc(C(C)C)cc2)c1. The molecule has 2 aromatic carbocycles. The molecule has 0 heterocycles. The van der Waals surface area contributed by atoms with Crippen LogP contribution in [0.25, 0.3) is 0 Å². The van der Waals surface area contributed by atoms with E-state index in [0.717, 1.165) is 16.7 Å². The molecule has 2 N–H and O–H groups in total. The largest absolute Gasteiger partial charge is 0.483 e. The van der Waals surface area contributed by atoms with Crippen molar-refractivity contribution in [1.29, 1.82) is 0 Å². The maximum Gasteiger partial charge on any atom is 0.276 e. The molecule has 5 nitrogen and oxygen atoms in total. The van der Waals surface area contributed by atoms with E-state index < -0.39 is 5.91 Å². The van der Waals surface area contributed by atoms with Crippen LogP contribution in [0.3, 0.4) is 0 Å².